The smallest absolute Gasteiger partial charge is 0.182 e. The van der Waals surface area contributed by atoms with E-state index in [0.717, 1.165) is 11.3 Å². The van der Waals surface area contributed by atoms with E-state index in [2.05, 4.69) is 10.1 Å². The van der Waals surface area contributed by atoms with Crippen LogP contribution in [0.5, 0.6) is 5.75 Å². The van der Waals surface area contributed by atoms with Gasteiger partial charge in [0.25, 0.3) is 0 Å². The Morgan fingerprint density at radius 2 is 1.94 bits per heavy atom. The Kier molecular flexibility index (Phi) is 2.37. The predicted molar refractivity (Wildman–Crippen MR) is 69.4 cm³/mol. The topological polar surface area (TPSA) is 65.4 Å². The Hall–Kier alpha value is -2.56. The maximum atomic E-state index is 5.85. The fraction of sp³-hybridized carbons (Fsp3) is 0.0769. The molecule has 3 rings (SSSR count). The molecule has 2 N–H and O–H groups in total. The minimum Gasteiger partial charge on any atom is -0.497 e. The number of hydrogen-bond acceptors (Lipinski definition) is 4. The van der Waals surface area contributed by atoms with Crippen molar-refractivity contribution in [2.45, 2.75) is 0 Å². The fourth-order valence-electron chi connectivity index (χ4n) is 1.79. The highest BCUT2D eigenvalue weighted by atomic mass is 16.5. The first-order valence-electron chi connectivity index (χ1n) is 5.53. The molecule has 0 saturated heterocycles. The minimum atomic E-state index is 0.616. The third-order valence-electron chi connectivity index (χ3n) is 2.74. The molecular formula is C13H12N4O. The lowest BCUT2D eigenvalue weighted by atomic mass is 10.2. The summed E-state index contributed by atoms with van der Waals surface area (Å²) in [7, 11) is 1.64. The molecule has 2 aromatic heterocycles. The third-order valence-corrected chi connectivity index (χ3v) is 2.74. The largest absolute Gasteiger partial charge is 0.497 e. The van der Waals surface area contributed by atoms with Crippen LogP contribution in [0, 0.1) is 0 Å². The molecule has 5 nitrogen and oxygen atoms in total. The Labute approximate surface area is 104 Å². The van der Waals surface area contributed by atoms with Crippen molar-refractivity contribution < 1.29 is 4.74 Å². The Bertz CT molecular complexity index is 688. The highest BCUT2D eigenvalue weighted by molar-refractivity contribution is 5.68. The van der Waals surface area contributed by atoms with Crippen LogP contribution in [0.2, 0.25) is 0 Å². The SMILES string of the molecule is COc1ccc(-c2nc3c(N)cccn3n2)cc1. The molecule has 2 heterocycles. The van der Waals surface area contributed by atoms with Crippen molar-refractivity contribution >= 4 is 11.3 Å². The molecule has 5 heteroatoms. The number of nitrogen functional groups attached to an aromatic ring is 1. The molecule has 0 spiro atoms. The van der Waals surface area contributed by atoms with Gasteiger partial charge in [0.2, 0.25) is 0 Å². The number of fused-ring (bicyclic) bond motifs is 1. The van der Waals surface area contributed by atoms with Crippen LogP contribution in [0.3, 0.4) is 0 Å². The van der Waals surface area contributed by atoms with Crippen LogP contribution in [-0.2, 0) is 0 Å². The van der Waals surface area contributed by atoms with Crippen LogP contribution < -0.4 is 10.5 Å². The quantitative estimate of drug-likeness (QED) is 0.744. The van der Waals surface area contributed by atoms with Gasteiger partial charge in [-0.2, -0.15) is 0 Å². The minimum absolute atomic E-state index is 0.616. The second kappa shape index (κ2) is 4.03. The van der Waals surface area contributed by atoms with Crippen LogP contribution in [-0.4, -0.2) is 21.7 Å². The van der Waals surface area contributed by atoms with E-state index in [-0.39, 0.29) is 0 Å². The van der Waals surface area contributed by atoms with Crippen molar-refractivity contribution in [3.63, 3.8) is 0 Å². The summed E-state index contributed by atoms with van der Waals surface area (Å²) in [5.74, 6) is 1.46. The van der Waals surface area contributed by atoms with Gasteiger partial charge in [0.15, 0.2) is 11.5 Å². The number of pyridine rings is 1. The van der Waals surface area contributed by atoms with E-state index in [1.165, 1.54) is 0 Å². The number of benzene rings is 1. The fourth-order valence-corrected chi connectivity index (χ4v) is 1.79. The molecule has 0 aliphatic carbocycles. The van der Waals surface area contributed by atoms with E-state index < -0.39 is 0 Å². The average Bonchev–Trinajstić information content (AvgIpc) is 2.84. The van der Waals surface area contributed by atoms with Crippen LogP contribution in [0.15, 0.2) is 42.6 Å². The van der Waals surface area contributed by atoms with Gasteiger partial charge in [-0.25, -0.2) is 9.50 Å². The molecule has 0 fully saturated rings. The van der Waals surface area contributed by atoms with E-state index in [1.807, 2.05) is 42.6 Å². The lowest BCUT2D eigenvalue weighted by Gasteiger charge is -1.99. The highest BCUT2D eigenvalue weighted by Gasteiger charge is 2.07. The second-order valence-corrected chi connectivity index (χ2v) is 3.90. The molecule has 0 saturated carbocycles. The number of nitrogens with zero attached hydrogens (tertiary/aromatic N) is 3. The summed E-state index contributed by atoms with van der Waals surface area (Å²) in [4.78, 5) is 4.42. The lowest BCUT2D eigenvalue weighted by molar-refractivity contribution is 0.415. The number of aromatic nitrogens is 3. The van der Waals surface area contributed by atoms with Crippen molar-refractivity contribution in [2.75, 3.05) is 12.8 Å². The molecule has 0 radical (unpaired) electrons. The van der Waals surface area contributed by atoms with Gasteiger partial charge in [0, 0.05) is 11.8 Å². The third kappa shape index (κ3) is 1.66. The molecule has 3 aromatic rings. The van der Waals surface area contributed by atoms with Gasteiger partial charge >= 0.3 is 0 Å². The Balaban J connectivity index is 2.10. The number of ether oxygens (including phenoxy) is 1. The number of nitrogens with two attached hydrogens (primary N) is 1. The summed E-state index contributed by atoms with van der Waals surface area (Å²) < 4.78 is 6.79. The molecule has 0 atom stereocenters. The van der Waals surface area contributed by atoms with Crippen LogP contribution >= 0.6 is 0 Å². The lowest BCUT2D eigenvalue weighted by Crippen LogP contribution is -1.92. The Morgan fingerprint density at radius 1 is 1.17 bits per heavy atom. The first-order valence-corrected chi connectivity index (χ1v) is 5.53. The molecule has 0 aliphatic heterocycles. The van der Waals surface area contributed by atoms with Gasteiger partial charge in [-0.1, -0.05) is 0 Å². The number of rotatable bonds is 2. The number of methoxy groups -OCH3 is 1. The van der Waals surface area contributed by atoms with Crippen LogP contribution in [0.1, 0.15) is 0 Å². The zero-order valence-corrected chi connectivity index (χ0v) is 9.87. The van der Waals surface area contributed by atoms with E-state index in [4.69, 9.17) is 10.5 Å². The molecule has 0 unspecified atom stereocenters. The number of anilines is 1. The molecular weight excluding hydrogens is 228 g/mol. The molecule has 1 aromatic carbocycles. The van der Waals surface area contributed by atoms with Gasteiger partial charge in [-0.3, -0.25) is 0 Å². The second-order valence-electron chi connectivity index (χ2n) is 3.90. The van der Waals surface area contributed by atoms with E-state index in [9.17, 15) is 0 Å². The zero-order chi connectivity index (χ0) is 12.5. The van der Waals surface area contributed by atoms with Gasteiger partial charge in [-0.15, -0.1) is 5.10 Å². The van der Waals surface area contributed by atoms with E-state index in [0.29, 0.717) is 17.2 Å². The molecule has 18 heavy (non-hydrogen) atoms. The molecule has 0 bridgehead atoms. The van der Waals surface area contributed by atoms with Crippen molar-refractivity contribution in [1.82, 2.24) is 14.6 Å². The number of hydrogen-bond donors (Lipinski definition) is 1. The zero-order valence-electron chi connectivity index (χ0n) is 9.87. The maximum Gasteiger partial charge on any atom is 0.182 e. The van der Waals surface area contributed by atoms with Gasteiger partial charge < -0.3 is 10.5 Å². The summed E-state index contributed by atoms with van der Waals surface area (Å²) in [6.45, 7) is 0. The van der Waals surface area contributed by atoms with Gasteiger partial charge in [-0.05, 0) is 36.4 Å². The summed E-state index contributed by atoms with van der Waals surface area (Å²) in [6, 6.07) is 11.2. The first-order chi connectivity index (χ1) is 8.78. The first kappa shape index (κ1) is 10.6. The monoisotopic (exact) mass is 240 g/mol. The highest BCUT2D eigenvalue weighted by Crippen LogP contribution is 2.21. The van der Waals surface area contributed by atoms with Crippen molar-refractivity contribution in [3.8, 4) is 17.1 Å². The average molecular weight is 240 g/mol. The normalized spacial score (nSPS) is 10.7. The molecule has 0 amide bonds. The molecule has 90 valence electrons. The summed E-state index contributed by atoms with van der Waals surface area (Å²) in [5, 5.41) is 4.38. The summed E-state index contributed by atoms with van der Waals surface area (Å²) >= 11 is 0. The van der Waals surface area contributed by atoms with Gasteiger partial charge in [0.1, 0.15) is 5.75 Å². The Morgan fingerprint density at radius 3 is 2.61 bits per heavy atom. The predicted octanol–water partition coefficient (Wildman–Crippen LogP) is 1.99. The maximum absolute atomic E-state index is 5.85. The molecule has 0 aliphatic rings. The van der Waals surface area contributed by atoms with Crippen LogP contribution in [0.25, 0.3) is 17.0 Å². The van der Waals surface area contributed by atoms with E-state index in [1.54, 1.807) is 11.6 Å². The van der Waals surface area contributed by atoms with Gasteiger partial charge in [0.05, 0.1) is 12.8 Å². The standard InChI is InChI=1S/C13H12N4O/c1-18-10-6-4-9(5-7-10)12-15-13-11(14)3-2-8-17(13)16-12/h2-8H,14H2,1H3. The van der Waals surface area contributed by atoms with Crippen molar-refractivity contribution in [1.29, 1.82) is 0 Å². The van der Waals surface area contributed by atoms with Crippen LogP contribution in [0.4, 0.5) is 5.69 Å². The summed E-state index contributed by atoms with van der Waals surface area (Å²) in [5.41, 5.74) is 8.06. The van der Waals surface area contributed by atoms with E-state index >= 15 is 0 Å². The summed E-state index contributed by atoms with van der Waals surface area (Å²) in [6.07, 6.45) is 1.83. The van der Waals surface area contributed by atoms with Crippen molar-refractivity contribution in [3.05, 3.63) is 42.6 Å². The van der Waals surface area contributed by atoms with Crippen molar-refractivity contribution in [2.24, 2.45) is 0 Å².